The fourth-order valence-corrected chi connectivity index (χ4v) is 2.58. The molecule has 0 aromatic carbocycles. The summed E-state index contributed by atoms with van der Waals surface area (Å²) in [6.45, 7) is 8.87. The average Bonchev–Trinajstić information content (AvgIpc) is 2.84. The van der Waals surface area contributed by atoms with Crippen LogP contribution in [0.4, 0.5) is 0 Å². The first kappa shape index (κ1) is 13.5. The van der Waals surface area contributed by atoms with Crippen molar-refractivity contribution in [2.75, 3.05) is 33.3 Å². The van der Waals surface area contributed by atoms with Gasteiger partial charge in [-0.2, -0.15) is 0 Å². The van der Waals surface area contributed by atoms with E-state index in [1.54, 1.807) is 0 Å². The van der Waals surface area contributed by atoms with Gasteiger partial charge in [0.15, 0.2) is 0 Å². The zero-order valence-electron chi connectivity index (χ0n) is 11.6. The lowest BCUT2D eigenvalue weighted by Gasteiger charge is -2.39. The first-order valence-corrected chi connectivity index (χ1v) is 6.80. The summed E-state index contributed by atoms with van der Waals surface area (Å²) in [6.07, 6.45) is 4.08. The molecule has 1 aliphatic rings. The second kappa shape index (κ2) is 6.31. The highest BCUT2D eigenvalue weighted by atomic mass is 16.5. The Hall–Kier alpha value is -0.910. The van der Waals surface area contributed by atoms with E-state index in [9.17, 15) is 0 Å². The first-order chi connectivity index (χ1) is 8.77. The highest BCUT2D eigenvalue weighted by Gasteiger charge is 2.33. The molecule has 5 heteroatoms. The van der Waals surface area contributed by atoms with E-state index in [1.165, 1.54) is 5.69 Å². The number of imidazole rings is 1. The van der Waals surface area contributed by atoms with Crippen LogP contribution in [0.25, 0.3) is 0 Å². The van der Waals surface area contributed by atoms with Crippen LogP contribution in [-0.2, 0) is 11.3 Å². The third-order valence-corrected chi connectivity index (χ3v) is 3.59. The Morgan fingerprint density at radius 2 is 2.33 bits per heavy atom. The molecule has 1 aromatic heterocycles. The summed E-state index contributed by atoms with van der Waals surface area (Å²) in [5.41, 5.74) is 1.25. The van der Waals surface area contributed by atoms with Gasteiger partial charge in [0.2, 0.25) is 0 Å². The third-order valence-electron chi connectivity index (χ3n) is 3.59. The van der Waals surface area contributed by atoms with Gasteiger partial charge in [0.25, 0.3) is 0 Å². The number of aryl methyl sites for hydroxylation is 1. The van der Waals surface area contributed by atoms with Gasteiger partial charge in [-0.15, -0.1) is 0 Å². The molecule has 0 spiro atoms. The summed E-state index contributed by atoms with van der Waals surface area (Å²) in [4.78, 5) is 6.65. The van der Waals surface area contributed by atoms with Gasteiger partial charge in [-0.3, -0.25) is 4.90 Å². The molecule has 0 bridgehead atoms. The fraction of sp³-hybridized carbons (Fsp3) is 0.769. The topological polar surface area (TPSA) is 42.3 Å². The van der Waals surface area contributed by atoms with Crippen molar-refractivity contribution < 1.29 is 4.74 Å². The second-order valence-electron chi connectivity index (χ2n) is 4.75. The largest absolute Gasteiger partial charge is 0.374 e. The van der Waals surface area contributed by atoms with E-state index < -0.39 is 0 Å². The number of nitrogens with one attached hydrogen (secondary N) is 1. The Balaban J connectivity index is 2.18. The van der Waals surface area contributed by atoms with E-state index in [2.05, 4.69) is 40.7 Å². The predicted molar refractivity (Wildman–Crippen MR) is 71.6 cm³/mol. The van der Waals surface area contributed by atoms with Crippen molar-refractivity contribution in [1.82, 2.24) is 19.8 Å². The molecule has 1 saturated heterocycles. The van der Waals surface area contributed by atoms with Gasteiger partial charge < -0.3 is 14.6 Å². The summed E-state index contributed by atoms with van der Waals surface area (Å²) in [6, 6.07) is 0.292. The monoisotopic (exact) mass is 252 g/mol. The average molecular weight is 252 g/mol. The van der Waals surface area contributed by atoms with Gasteiger partial charge in [0, 0.05) is 25.8 Å². The van der Waals surface area contributed by atoms with Crippen molar-refractivity contribution in [3.05, 3.63) is 18.2 Å². The molecule has 1 aromatic rings. The zero-order chi connectivity index (χ0) is 13.0. The number of nitrogens with zero attached hydrogens (tertiary/aromatic N) is 3. The van der Waals surface area contributed by atoms with Crippen LogP contribution in [0.15, 0.2) is 12.5 Å². The van der Waals surface area contributed by atoms with Crippen LogP contribution in [0.2, 0.25) is 0 Å². The Bertz CT molecular complexity index is 366. The van der Waals surface area contributed by atoms with Crippen molar-refractivity contribution in [2.45, 2.75) is 32.5 Å². The molecule has 1 N–H and O–H groups in total. The van der Waals surface area contributed by atoms with Crippen LogP contribution in [0.1, 0.15) is 25.6 Å². The summed E-state index contributed by atoms with van der Waals surface area (Å²) in [5.74, 6) is 0. The Kier molecular flexibility index (Phi) is 4.74. The Labute approximate surface area is 109 Å². The van der Waals surface area contributed by atoms with Crippen molar-refractivity contribution in [1.29, 1.82) is 0 Å². The summed E-state index contributed by atoms with van der Waals surface area (Å²) in [5, 5.41) is 3.39. The van der Waals surface area contributed by atoms with Crippen LogP contribution in [0.3, 0.4) is 0 Å². The summed E-state index contributed by atoms with van der Waals surface area (Å²) >= 11 is 0. The molecule has 1 fully saturated rings. The van der Waals surface area contributed by atoms with Crippen molar-refractivity contribution in [3.63, 3.8) is 0 Å². The lowest BCUT2D eigenvalue weighted by atomic mass is 10.0. The molecule has 1 aliphatic heterocycles. The molecule has 18 heavy (non-hydrogen) atoms. The number of ether oxygens (including phenoxy) is 1. The van der Waals surface area contributed by atoms with Crippen LogP contribution >= 0.6 is 0 Å². The fourth-order valence-electron chi connectivity index (χ4n) is 2.58. The van der Waals surface area contributed by atoms with E-state index >= 15 is 0 Å². The number of rotatable bonds is 5. The number of hydrogen-bond acceptors (Lipinski definition) is 4. The molecular formula is C13H24N4O. The molecule has 0 saturated carbocycles. The van der Waals surface area contributed by atoms with E-state index in [-0.39, 0.29) is 6.10 Å². The summed E-state index contributed by atoms with van der Waals surface area (Å²) in [7, 11) is 2.17. The second-order valence-corrected chi connectivity index (χ2v) is 4.75. The van der Waals surface area contributed by atoms with Gasteiger partial charge >= 0.3 is 0 Å². The lowest BCUT2D eigenvalue weighted by molar-refractivity contribution is -0.0634. The van der Waals surface area contributed by atoms with Gasteiger partial charge in [-0.05, 0) is 20.5 Å². The van der Waals surface area contributed by atoms with Gasteiger partial charge in [-0.1, -0.05) is 6.92 Å². The molecule has 2 heterocycles. The maximum atomic E-state index is 5.94. The van der Waals surface area contributed by atoms with Gasteiger partial charge in [0.1, 0.15) is 0 Å². The summed E-state index contributed by atoms with van der Waals surface area (Å²) < 4.78 is 8.14. The maximum absolute atomic E-state index is 5.94. The number of aromatic nitrogens is 2. The van der Waals surface area contributed by atoms with Gasteiger partial charge in [-0.25, -0.2) is 4.98 Å². The van der Waals surface area contributed by atoms with Crippen LogP contribution in [-0.4, -0.2) is 53.8 Å². The predicted octanol–water partition coefficient (Wildman–Crippen LogP) is 0.884. The Morgan fingerprint density at radius 1 is 1.50 bits per heavy atom. The van der Waals surface area contributed by atoms with Crippen LogP contribution < -0.4 is 5.32 Å². The van der Waals surface area contributed by atoms with E-state index in [0.29, 0.717) is 6.04 Å². The number of likely N-dealkylation sites (N-methyl/N-ethyl adjacent to an activating group) is 2. The van der Waals surface area contributed by atoms with Crippen LogP contribution in [0, 0.1) is 0 Å². The maximum Gasteiger partial charge on any atom is 0.0948 e. The molecular weight excluding hydrogens is 228 g/mol. The Morgan fingerprint density at radius 3 is 3.06 bits per heavy atom. The molecule has 102 valence electrons. The lowest BCUT2D eigenvalue weighted by Crippen LogP contribution is -2.48. The SMILES string of the molecule is CCNCC1OCCN(C)C1c1cncn1CC. The van der Waals surface area contributed by atoms with E-state index in [1.807, 2.05) is 12.5 Å². The minimum absolute atomic E-state index is 0.200. The minimum atomic E-state index is 0.200. The van der Waals surface area contributed by atoms with Crippen molar-refractivity contribution in [2.24, 2.45) is 0 Å². The highest BCUT2D eigenvalue weighted by Crippen LogP contribution is 2.27. The molecule has 0 radical (unpaired) electrons. The van der Waals surface area contributed by atoms with Crippen molar-refractivity contribution >= 4 is 0 Å². The molecule has 2 atom stereocenters. The zero-order valence-corrected chi connectivity index (χ0v) is 11.6. The third kappa shape index (κ3) is 2.74. The molecule has 2 unspecified atom stereocenters. The van der Waals surface area contributed by atoms with Gasteiger partial charge in [0.05, 0.1) is 30.8 Å². The quantitative estimate of drug-likeness (QED) is 0.845. The normalized spacial score (nSPS) is 25.5. The van der Waals surface area contributed by atoms with E-state index in [0.717, 1.165) is 32.8 Å². The van der Waals surface area contributed by atoms with Crippen molar-refractivity contribution in [3.8, 4) is 0 Å². The van der Waals surface area contributed by atoms with Crippen LogP contribution in [0.5, 0.6) is 0 Å². The highest BCUT2D eigenvalue weighted by molar-refractivity contribution is 5.09. The first-order valence-electron chi connectivity index (χ1n) is 6.80. The number of hydrogen-bond donors (Lipinski definition) is 1. The molecule has 0 aliphatic carbocycles. The minimum Gasteiger partial charge on any atom is -0.374 e. The number of morpholine rings is 1. The molecule has 2 rings (SSSR count). The van der Waals surface area contributed by atoms with E-state index in [4.69, 9.17) is 4.74 Å². The standard InChI is InChI=1S/C13H24N4O/c1-4-14-9-12-13(16(3)6-7-18-12)11-8-15-10-17(11)5-2/h8,10,12-14H,4-7,9H2,1-3H3. The molecule has 0 amide bonds. The smallest absolute Gasteiger partial charge is 0.0948 e. The molecule has 5 nitrogen and oxygen atoms in total.